The molecule has 5 heteroatoms. The molecule has 2 rings (SSSR count). The molecule has 1 saturated carbocycles. The van der Waals surface area contributed by atoms with Gasteiger partial charge in [-0.25, -0.2) is 5.84 Å². The van der Waals surface area contributed by atoms with E-state index in [0.717, 1.165) is 12.8 Å². The quantitative estimate of drug-likeness (QED) is 0.261. The number of pyridine rings is 1. The first kappa shape index (κ1) is 8.96. The first-order chi connectivity index (χ1) is 6.81. The van der Waals surface area contributed by atoms with Gasteiger partial charge in [0.15, 0.2) is 5.43 Å². The minimum Gasteiger partial charge on any atom is -0.367 e. The van der Waals surface area contributed by atoms with Crippen LogP contribution in [0.15, 0.2) is 28.2 Å². The maximum atomic E-state index is 11.4. The number of aliphatic imine (C=N–C) groups is 1. The average Bonchev–Trinajstić information content (AvgIpc) is 2.99. The number of hydrogen-bond donors (Lipinski definition) is 3. The van der Waals surface area contributed by atoms with Crippen molar-refractivity contribution in [1.82, 2.24) is 10.4 Å². The van der Waals surface area contributed by atoms with E-state index < -0.39 is 0 Å². The molecule has 1 aromatic heterocycles. The van der Waals surface area contributed by atoms with Gasteiger partial charge in [0.05, 0.1) is 11.6 Å². The zero-order valence-electron chi connectivity index (χ0n) is 7.66. The number of aromatic amines is 1. The summed E-state index contributed by atoms with van der Waals surface area (Å²) in [7, 11) is 0. The van der Waals surface area contributed by atoms with E-state index in [1.165, 1.54) is 6.07 Å². The summed E-state index contributed by atoms with van der Waals surface area (Å²) >= 11 is 0. The van der Waals surface area contributed by atoms with Crippen LogP contribution in [0, 0.1) is 0 Å². The number of hydrazine groups is 1. The molecule has 1 heterocycles. The van der Waals surface area contributed by atoms with Crippen LogP contribution < -0.4 is 16.7 Å². The van der Waals surface area contributed by atoms with Crippen LogP contribution in [0.25, 0.3) is 0 Å². The van der Waals surface area contributed by atoms with Crippen LogP contribution in [0.3, 0.4) is 0 Å². The van der Waals surface area contributed by atoms with Gasteiger partial charge < -0.3 is 10.4 Å². The lowest BCUT2D eigenvalue weighted by Crippen LogP contribution is -2.35. The minimum absolute atomic E-state index is 0.0823. The van der Waals surface area contributed by atoms with Crippen LogP contribution >= 0.6 is 0 Å². The van der Waals surface area contributed by atoms with Crippen molar-refractivity contribution in [1.29, 1.82) is 0 Å². The highest BCUT2D eigenvalue weighted by Gasteiger charge is 2.21. The number of hydrogen-bond acceptors (Lipinski definition) is 3. The Kier molecular flexibility index (Phi) is 2.32. The molecule has 0 radical (unpaired) electrons. The molecule has 0 amide bonds. The number of rotatable bonds is 2. The molecule has 14 heavy (non-hydrogen) atoms. The molecule has 1 aromatic rings. The second kappa shape index (κ2) is 3.63. The lowest BCUT2D eigenvalue weighted by molar-refractivity contribution is 0.967. The van der Waals surface area contributed by atoms with Gasteiger partial charge in [0.2, 0.25) is 0 Å². The molecule has 0 aromatic carbocycles. The molecule has 74 valence electrons. The molecular weight excluding hydrogens is 180 g/mol. The molecule has 1 aliphatic carbocycles. The third-order valence-electron chi connectivity index (χ3n) is 2.07. The van der Waals surface area contributed by atoms with Gasteiger partial charge in [0.1, 0.15) is 5.84 Å². The van der Waals surface area contributed by atoms with Gasteiger partial charge in [-0.3, -0.25) is 9.79 Å². The van der Waals surface area contributed by atoms with E-state index in [4.69, 9.17) is 5.84 Å². The number of aromatic nitrogens is 1. The molecule has 0 spiro atoms. The van der Waals surface area contributed by atoms with Crippen molar-refractivity contribution in [3.8, 4) is 0 Å². The Hall–Kier alpha value is -1.62. The third kappa shape index (κ3) is 1.82. The normalized spacial score (nSPS) is 16.8. The molecule has 0 unspecified atom stereocenters. The predicted octanol–water partition coefficient (Wildman–Crippen LogP) is -0.253. The van der Waals surface area contributed by atoms with Crippen LogP contribution in [0.4, 0.5) is 0 Å². The summed E-state index contributed by atoms with van der Waals surface area (Å²) in [6.07, 6.45) is 5.34. The number of H-pyrrole nitrogens is 1. The van der Waals surface area contributed by atoms with Crippen LogP contribution in [-0.2, 0) is 0 Å². The highest BCUT2D eigenvalue weighted by Crippen LogP contribution is 2.23. The summed E-state index contributed by atoms with van der Waals surface area (Å²) in [5, 5.41) is 0. The van der Waals surface area contributed by atoms with Crippen LogP contribution in [0.1, 0.15) is 18.4 Å². The van der Waals surface area contributed by atoms with E-state index >= 15 is 0 Å². The van der Waals surface area contributed by atoms with E-state index in [1.54, 1.807) is 12.4 Å². The van der Waals surface area contributed by atoms with Gasteiger partial charge in [-0.1, -0.05) is 0 Å². The second-order valence-corrected chi connectivity index (χ2v) is 3.28. The second-order valence-electron chi connectivity index (χ2n) is 3.28. The standard InChI is InChI=1S/C9H12N4O/c10-13-9(12-6-1-2-6)7-5-11-4-3-8(7)14/h3-6H,1-2,10H2,(H,11,14)(H,12,13). The molecule has 1 fully saturated rings. The lowest BCUT2D eigenvalue weighted by atomic mass is 10.2. The van der Waals surface area contributed by atoms with Crippen LogP contribution in [0.5, 0.6) is 0 Å². The third-order valence-corrected chi connectivity index (χ3v) is 2.07. The Bertz CT molecular complexity index is 405. The van der Waals surface area contributed by atoms with Crippen molar-refractivity contribution in [3.63, 3.8) is 0 Å². The number of nitrogens with zero attached hydrogens (tertiary/aromatic N) is 1. The topological polar surface area (TPSA) is 83.3 Å². The first-order valence-electron chi connectivity index (χ1n) is 4.53. The summed E-state index contributed by atoms with van der Waals surface area (Å²) in [5.41, 5.74) is 2.87. The molecule has 0 saturated heterocycles. The predicted molar refractivity (Wildman–Crippen MR) is 53.9 cm³/mol. The fourth-order valence-corrected chi connectivity index (χ4v) is 1.17. The van der Waals surface area contributed by atoms with Gasteiger partial charge in [-0.15, -0.1) is 0 Å². The number of nitrogens with one attached hydrogen (secondary N) is 2. The van der Waals surface area contributed by atoms with Gasteiger partial charge in [0, 0.05) is 18.5 Å². The summed E-state index contributed by atoms with van der Waals surface area (Å²) in [6.45, 7) is 0. The molecule has 0 aliphatic heterocycles. The smallest absolute Gasteiger partial charge is 0.192 e. The van der Waals surface area contributed by atoms with E-state index in [2.05, 4.69) is 15.4 Å². The Morgan fingerprint density at radius 1 is 1.64 bits per heavy atom. The van der Waals surface area contributed by atoms with Crippen molar-refractivity contribution >= 4 is 5.84 Å². The highest BCUT2D eigenvalue weighted by molar-refractivity contribution is 5.98. The zero-order chi connectivity index (χ0) is 9.97. The van der Waals surface area contributed by atoms with Crippen molar-refractivity contribution in [2.45, 2.75) is 18.9 Å². The van der Waals surface area contributed by atoms with Crippen LogP contribution in [0.2, 0.25) is 0 Å². The van der Waals surface area contributed by atoms with E-state index in [0.29, 0.717) is 17.4 Å². The SMILES string of the molecule is NNC(=NC1CC1)c1c[nH]ccc1=O. The first-order valence-corrected chi connectivity index (χ1v) is 4.53. The molecule has 5 nitrogen and oxygen atoms in total. The molecule has 0 atom stereocenters. The summed E-state index contributed by atoms with van der Waals surface area (Å²) < 4.78 is 0. The van der Waals surface area contributed by atoms with E-state index in [-0.39, 0.29) is 5.43 Å². The summed E-state index contributed by atoms with van der Waals surface area (Å²) in [4.78, 5) is 18.6. The van der Waals surface area contributed by atoms with E-state index in [9.17, 15) is 4.79 Å². The zero-order valence-corrected chi connectivity index (χ0v) is 7.66. The Labute approximate surface area is 81.0 Å². The summed E-state index contributed by atoms with van der Waals surface area (Å²) in [5.74, 6) is 5.78. The monoisotopic (exact) mass is 192 g/mol. The Morgan fingerprint density at radius 2 is 2.43 bits per heavy atom. The van der Waals surface area contributed by atoms with Gasteiger partial charge in [0.25, 0.3) is 0 Å². The average molecular weight is 192 g/mol. The van der Waals surface area contributed by atoms with E-state index in [1.807, 2.05) is 0 Å². The van der Waals surface area contributed by atoms with Crippen LogP contribution in [-0.4, -0.2) is 16.9 Å². The lowest BCUT2D eigenvalue weighted by Gasteiger charge is -2.03. The molecule has 0 bridgehead atoms. The van der Waals surface area contributed by atoms with Crippen molar-refractivity contribution in [2.75, 3.05) is 0 Å². The fraction of sp³-hybridized carbons (Fsp3) is 0.333. The fourth-order valence-electron chi connectivity index (χ4n) is 1.17. The van der Waals surface area contributed by atoms with Gasteiger partial charge in [-0.05, 0) is 12.8 Å². The molecule has 1 aliphatic rings. The largest absolute Gasteiger partial charge is 0.367 e. The number of amidine groups is 1. The van der Waals surface area contributed by atoms with Gasteiger partial charge in [-0.2, -0.15) is 0 Å². The Morgan fingerprint density at radius 3 is 3.00 bits per heavy atom. The maximum Gasteiger partial charge on any atom is 0.192 e. The highest BCUT2D eigenvalue weighted by atomic mass is 16.1. The van der Waals surface area contributed by atoms with Crippen molar-refractivity contribution < 1.29 is 0 Å². The Balaban J connectivity index is 2.35. The molecule has 4 N–H and O–H groups in total. The number of nitrogens with two attached hydrogens (primary N) is 1. The molecular formula is C9H12N4O. The maximum absolute atomic E-state index is 11.4. The minimum atomic E-state index is -0.0823. The summed E-state index contributed by atoms with van der Waals surface area (Å²) in [6, 6.07) is 1.79. The van der Waals surface area contributed by atoms with Gasteiger partial charge >= 0.3 is 0 Å². The van der Waals surface area contributed by atoms with Crippen molar-refractivity contribution in [2.24, 2.45) is 10.8 Å². The van der Waals surface area contributed by atoms with Crippen molar-refractivity contribution in [3.05, 3.63) is 34.2 Å².